The summed E-state index contributed by atoms with van der Waals surface area (Å²) in [6.45, 7) is 3.93. The van der Waals surface area contributed by atoms with Crippen LogP contribution in [0.5, 0.6) is 11.5 Å². The van der Waals surface area contributed by atoms with E-state index in [1.54, 1.807) is 34.3 Å². The van der Waals surface area contributed by atoms with Crippen molar-refractivity contribution in [1.29, 1.82) is 0 Å². The Labute approximate surface area is 327 Å². The smallest absolute Gasteiger partial charge is 0.414 e. The number of aryl methyl sites for hydroxylation is 2. The van der Waals surface area contributed by atoms with Gasteiger partial charge < -0.3 is 19.6 Å². The van der Waals surface area contributed by atoms with Crippen molar-refractivity contribution < 1.29 is 29.0 Å². The second-order valence-corrected chi connectivity index (χ2v) is 14.8. The van der Waals surface area contributed by atoms with Gasteiger partial charge in [-0.05, 0) is 85.1 Å². The number of ether oxygens (including phenoxy) is 1. The number of amides is 4. The summed E-state index contributed by atoms with van der Waals surface area (Å²) in [6.07, 6.45) is -0.586. The molecule has 2 aromatic heterocycles. The number of carbonyl (C=O) groups is 4. The Morgan fingerprint density at radius 2 is 1.15 bits per heavy atom. The van der Waals surface area contributed by atoms with Crippen molar-refractivity contribution in [3.8, 4) is 11.5 Å². The van der Waals surface area contributed by atoms with Crippen LogP contribution in [0.4, 0.5) is 19.9 Å². The summed E-state index contributed by atoms with van der Waals surface area (Å²) < 4.78 is 7.23. The minimum atomic E-state index is -0.586. The molecule has 0 saturated heterocycles. The summed E-state index contributed by atoms with van der Waals surface area (Å²) in [6, 6.07) is 20.5. The molecule has 53 heavy (non-hydrogen) atoms. The highest BCUT2D eigenvalue weighted by atomic mass is 35.5. The van der Waals surface area contributed by atoms with Gasteiger partial charge in [0.25, 0.3) is 11.8 Å². The molecule has 2 heterocycles. The molecule has 0 radical (unpaired) electrons. The lowest BCUT2D eigenvalue weighted by Crippen LogP contribution is -2.26. The van der Waals surface area contributed by atoms with E-state index in [1.165, 1.54) is 62.8 Å². The van der Waals surface area contributed by atoms with Crippen LogP contribution >= 0.6 is 57.5 Å². The number of carbonyl (C=O) groups excluding carboxylic acids is 4. The molecule has 0 bridgehead atoms. The predicted octanol–water partition coefficient (Wildman–Crippen LogP) is 9.69. The molecule has 0 aliphatic rings. The quantitative estimate of drug-likeness (QED) is 0.115. The van der Waals surface area contributed by atoms with Gasteiger partial charge in [0.1, 0.15) is 11.5 Å². The van der Waals surface area contributed by atoms with Gasteiger partial charge in [0.05, 0.1) is 31.6 Å². The number of anilines is 2. The molecule has 17 heteroatoms. The first-order valence-corrected chi connectivity index (χ1v) is 18.2. The zero-order chi connectivity index (χ0) is 39.0. The molecule has 4 aromatic carbocycles. The number of thiazole rings is 2. The number of hydrogen-bond donors (Lipinski definition) is 3. The van der Waals surface area contributed by atoms with Crippen molar-refractivity contribution in [1.82, 2.24) is 19.8 Å². The molecule has 276 valence electrons. The molecule has 0 aliphatic heterocycles. The van der Waals surface area contributed by atoms with Gasteiger partial charge in [-0.25, -0.2) is 14.8 Å². The molecule has 3 N–H and O–H groups in total. The van der Waals surface area contributed by atoms with Crippen LogP contribution in [-0.4, -0.2) is 76.3 Å². The van der Waals surface area contributed by atoms with Gasteiger partial charge in [0.2, 0.25) is 0 Å². The molecule has 0 unspecified atom stereocenters. The molecule has 0 saturated carbocycles. The Balaban J connectivity index is 0.000000209. The van der Waals surface area contributed by atoms with Crippen molar-refractivity contribution in [2.24, 2.45) is 0 Å². The number of halogens is 3. The van der Waals surface area contributed by atoms with Gasteiger partial charge in [0.15, 0.2) is 10.3 Å². The van der Waals surface area contributed by atoms with Crippen molar-refractivity contribution in [2.45, 2.75) is 13.8 Å². The van der Waals surface area contributed by atoms with E-state index < -0.39 is 23.3 Å². The standard InChI is InChI=1S/C18H16ClN3O3S.C15H11ClN2O2S.C3H6ClNO/c1-10-5-4-6-14-15(10)20-17(26-14)21-16(23)12-9-11(19)7-8-13(12)25-18(24)22(2)3;1-8-3-2-4-12-13(8)17-15(21-12)18-14(20)10-7-9(16)5-6-11(10)19;1-5(2)3(4)6/h4-9H,1-3H3,(H,20,21,23);2-7,19H,1H3,(H,17,18,20);1-2H3. The zero-order valence-corrected chi connectivity index (χ0v) is 33.1. The highest BCUT2D eigenvalue weighted by Gasteiger charge is 2.19. The van der Waals surface area contributed by atoms with Gasteiger partial charge in [0, 0.05) is 38.2 Å². The summed E-state index contributed by atoms with van der Waals surface area (Å²) in [5, 5.41) is 16.4. The van der Waals surface area contributed by atoms with Crippen LogP contribution in [0.25, 0.3) is 20.4 Å². The predicted molar refractivity (Wildman–Crippen MR) is 214 cm³/mol. The van der Waals surface area contributed by atoms with E-state index in [1.807, 2.05) is 50.2 Å². The molecule has 4 amide bonds. The van der Waals surface area contributed by atoms with Gasteiger partial charge in [-0.2, -0.15) is 0 Å². The minimum absolute atomic E-state index is 0.116. The highest BCUT2D eigenvalue weighted by molar-refractivity contribution is 7.22. The van der Waals surface area contributed by atoms with E-state index in [-0.39, 0.29) is 22.6 Å². The van der Waals surface area contributed by atoms with E-state index in [0.717, 1.165) is 31.6 Å². The molecular formula is C36H33Cl3N6O6S2. The number of phenolic OH excluding ortho intramolecular Hbond substituents is 1. The SMILES string of the molecule is CN(C)C(=O)Cl.Cc1cccc2sc(NC(=O)c3cc(Cl)ccc3O)nc12.Cc1cccc2sc(NC(=O)c3cc(Cl)ccc3OC(=O)N(C)C)nc12. The summed E-state index contributed by atoms with van der Waals surface area (Å²) in [4.78, 5) is 57.9. The van der Waals surface area contributed by atoms with Crippen LogP contribution in [0.15, 0.2) is 72.8 Å². The summed E-state index contributed by atoms with van der Waals surface area (Å²) in [5.74, 6) is -0.880. The molecule has 0 atom stereocenters. The third-order valence-corrected chi connectivity index (χ3v) is 9.67. The lowest BCUT2D eigenvalue weighted by molar-refractivity contribution is 0.101. The number of benzene rings is 4. The fraction of sp³-hybridized carbons (Fsp3) is 0.167. The third-order valence-electron chi connectivity index (χ3n) is 6.99. The minimum Gasteiger partial charge on any atom is -0.507 e. The van der Waals surface area contributed by atoms with Crippen LogP contribution in [0, 0.1) is 13.8 Å². The lowest BCUT2D eigenvalue weighted by atomic mass is 10.2. The molecule has 6 aromatic rings. The first kappa shape index (κ1) is 40.8. The van der Waals surface area contributed by atoms with E-state index in [0.29, 0.717) is 20.3 Å². The van der Waals surface area contributed by atoms with E-state index in [4.69, 9.17) is 39.5 Å². The van der Waals surface area contributed by atoms with Gasteiger partial charge in [-0.1, -0.05) is 70.1 Å². The largest absolute Gasteiger partial charge is 0.507 e. The number of aromatic nitrogens is 2. The van der Waals surface area contributed by atoms with Crippen molar-refractivity contribution >= 4 is 111 Å². The van der Waals surface area contributed by atoms with Crippen LogP contribution in [0.2, 0.25) is 10.0 Å². The summed E-state index contributed by atoms with van der Waals surface area (Å²) >= 11 is 19.5. The average molecular weight is 816 g/mol. The Morgan fingerprint density at radius 1 is 0.698 bits per heavy atom. The van der Waals surface area contributed by atoms with Crippen LogP contribution in [0.1, 0.15) is 31.8 Å². The Morgan fingerprint density at radius 3 is 1.60 bits per heavy atom. The number of fused-ring (bicyclic) bond motifs is 2. The number of rotatable bonds is 5. The lowest BCUT2D eigenvalue weighted by Gasteiger charge is -2.13. The van der Waals surface area contributed by atoms with Crippen molar-refractivity contribution in [3.05, 3.63) is 105 Å². The first-order chi connectivity index (χ1) is 25.0. The van der Waals surface area contributed by atoms with Gasteiger partial charge >= 0.3 is 11.5 Å². The second kappa shape index (κ2) is 18.2. The molecule has 0 aliphatic carbocycles. The van der Waals surface area contributed by atoms with Gasteiger partial charge in [-0.3, -0.25) is 25.0 Å². The number of aromatic hydroxyl groups is 1. The topological polar surface area (TPSA) is 154 Å². The molecule has 6 rings (SSSR count). The maximum absolute atomic E-state index is 12.7. The van der Waals surface area contributed by atoms with Crippen LogP contribution in [0.3, 0.4) is 0 Å². The average Bonchev–Trinajstić information content (AvgIpc) is 3.72. The second-order valence-electron chi connectivity index (χ2n) is 11.5. The van der Waals surface area contributed by atoms with E-state index in [9.17, 15) is 24.3 Å². The Kier molecular flexibility index (Phi) is 14.0. The highest BCUT2D eigenvalue weighted by Crippen LogP contribution is 2.31. The molecule has 0 fully saturated rings. The van der Waals surface area contributed by atoms with Crippen LogP contribution in [-0.2, 0) is 0 Å². The fourth-order valence-corrected chi connectivity index (χ4v) is 6.47. The number of nitrogens with zero attached hydrogens (tertiary/aromatic N) is 4. The van der Waals surface area contributed by atoms with E-state index >= 15 is 0 Å². The Bertz CT molecular complexity index is 2310. The molecule has 0 spiro atoms. The number of para-hydroxylation sites is 2. The zero-order valence-electron chi connectivity index (χ0n) is 29.2. The number of hydrogen-bond acceptors (Lipinski definition) is 10. The third kappa shape index (κ3) is 11.0. The molecule has 12 nitrogen and oxygen atoms in total. The number of phenols is 1. The van der Waals surface area contributed by atoms with E-state index in [2.05, 4.69) is 20.6 Å². The van der Waals surface area contributed by atoms with Crippen molar-refractivity contribution in [3.63, 3.8) is 0 Å². The first-order valence-electron chi connectivity index (χ1n) is 15.4. The molecular weight excluding hydrogens is 783 g/mol. The Hall–Kier alpha value is -4.99. The maximum atomic E-state index is 12.7. The summed E-state index contributed by atoms with van der Waals surface area (Å²) in [7, 11) is 6.30. The fourth-order valence-electron chi connectivity index (χ4n) is 4.25. The normalized spacial score (nSPS) is 10.4. The monoisotopic (exact) mass is 814 g/mol. The maximum Gasteiger partial charge on any atom is 0.414 e. The van der Waals surface area contributed by atoms with Gasteiger partial charge in [-0.15, -0.1) is 0 Å². The summed E-state index contributed by atoms with van der Waals surface area (Å²) in [5.41, 5.74) is 4.07. The van der Waals surface area contributed by atoms with Crippen molar-refractivity contribution in [2.75, 3.05) is 38.8 Å². The van der Waals surface area contributed by atoms with Crippen LogP contribution < -0.4 is 15.4 Å². The number of nitrogens with one attached hydrogen (secondary N) is 2.